The van der Waals surface area contributed by atoms with Gasteiger partial charge in [-0.3, -0.25) is 0 Å². The standard InChI is InChI=1S/C12H27NO2/c1-4-6-8-15-10-12(14)9-13-11(3)7-5-2/h11-14H,4-10H2,1-3H3. The van der Waals surface area contributed by atoms with Gasteiger partial charge in [-0.15, -0.1) is 0 Å². The van der Waals surface area contributed by atoms with Crippen LogP contribution < -0.4 is 5.32 Å². The Morgan fingerprint density at radius 3 is 2.60 bits per heavy atom. The zero-order chi connectivity index (χ0) is 11.5. The van der Waals surface area contributed by atoms with Crippen LogP contribution in [-0.4, -0.2) is 37.0 Å². The van der Waals surface area contributed by atoms with E-state index in [1.165, 1.54) is 6.42 Å². The van der Waals surface area contributed by atoms with Gasteiger partial charge in [0.25, 0.3) is 0 Å². The summed E-state index contributed by atoms with van der Waals surface area (Å²) in [6, 6.07) is 0.486. The maximum absolute atomic E-state index is 9.58. The van der Waals surface area contributed by atoms with Crippen molar-refractivity contribution in [2.45, 2.75) is 58.6 Å². The topological polar surface area (TPSA) is 41.5 Å². The van der Waals surface area contributed by atoms with Crippen LogP contribution in [0, 0.1) is 0 Å². The van der Waals surface area contributed by atoms with Gasteiger partial charge < -0.3 is 15.2 Å². The highest BCUT2D eigenvalue weighted by Crippen LogP contribution is 1.95. The smallest absolute Gasteiger partial charge is 0.0897 e. The number of hydrogen-bond donors (Lipinski definition) is 2. The highest BCUT2D eigenvalue weighted by atomic mass is 16.5. The number of nitrogens with one attached hydrogen (secondary N) is 1. The van der Waals surface area contributed by atoms with Crippen LogP contribution in [0.2, 0.25) is 0 Å². The number of hydrogen-bond acceptors (Lipinski definition) is 3. The van der Waals surface area contributed by atoms with Crippen LogP contribution in [0.4, 0.5) is 0 Å². The summed E-state index contributed by atoms with van der Waals surface area (Å²) in [5, 5.41) is 12.9. The van der Waals surface area contributed by atoms with Crippen molar-refractivity contribution in [2.75, 3.05) is 19.8 Å². The minimum atomic E-state index is -0.374. The Bertz CT molecular complexity index is 131. The van der Waals surface area contributed by atoms with Crippen molar-refractivity contribution in [1.82, 2.24) is 5.32 Å². The molecule has 2 N–H and O–H groups in total. The molecule has 0 heterocycles. The van der Waals surface area contributed by atoms with Crippen LogP contribution in [0.15, 0.2) is 0 Å². The minimum absolute atomic E-state index is 0.374. The molecule has 0 aliphatic rings. The first-order valence-electron chi connectivity index (χ1n) is 6.19. The number of ether oxygens (including phenoxy) is 1. The molecule has 0 aliphatic carbocycles. The molecule has 0 fully saturated rings. The predicted octanol–water partition coefficient (Wildman–Crippen LogP) is 1.94. The summed E-state index contributed by atoms with van der Waals surface area (Å²) in [5.74, 6) is 0. The summed E-state index contributed by atoms with van der Waals surface area (Å²) in [5.41, 5.74) is 0. The molecule has 2 atom stereocenters. The molecule has 0 rings (SSSR count). The lowest BCUT2D eigenvalue weighted by Crippen LogP contribution is -2.35. The van der Waals surface area contributed by atoms with E-state index in [4.69, 9.17) is 4.74 Å². The van der Waals surface area contributed by atoms with Crippen molar-refractivity contribution in [3.8, 4) is 0 Å². The van der Waals surface area contributed by atoms with Gasteiger partial charge in [0.1, 0.15) is 0 Å². The first-order valence-corrected chi connectivity index (χ1v) is 6.19. The summed E-state index contributed by atoms with van der Waals surface area (Å²) < 4.78 is 5.34. The van der Waals surface area contributed by atoms with E-state index in [9.17, 15) is 5.11 Å². The third kappa shape index (κ3) is 10.2. The number of aliphatic hydroxyl groups excluding tert-OH is 1. The Hall–Kier alpha value is -0.120. The van der Waals surface area contributed by atoms with Crippen LogP contribution >= 0.6 is 0 Å². The molecular formula is C12H27NO2. The summed E-state index contributed by atoms with van der Waals surface area (Å²) in [6.07, 6.45) is 4.18. The molecule has 0 spiro atoms. The lowest BCUT2D eigenvalue weighted by Gasteiger charge is -2.16. The van der Waals surface area contributed by atoms with Gasteiger partial charge in [0.2, 0.25) is 0 Å². The Balaban J connectivity index is 3.28. The van der Waals surface area contributed by atoms with Gasteiger partial charge in [-0.05, 0) is 19.8 Å². The van der Waals surface area contributed by atoms with Gasteiger partial charge in [0, 0.05) is 19.2 Å². The van der Waals surface area contributed by atoms with Gasteiger partial charge >= 0.3 is 0 Å². The van der Waals surface area contributed by atoms with E-state index in [0.717, 1.165) is 25.9 Å². The molecule has 0 aromatic heterocycles. The molecule has 0 bridgehead atoms. The third-order valence-electron chi connectivity index (χ3n) is 2.38. The number of aliphatic hydroxyl groups is 1. The Morgan fingerprint density at radius 1 is 1.27 bits per heavy atom. The summed E-state index contributed by atoms with van der Waals surface area (Å²) in [6.45, 7) is 8.29. The second kappa shape index (κ2) is 10.4. The van der Waals surface area contributed by atoms with E-state index in [-0.39, 0.29) is 6.10 Å². The molecule has 92 valence electrons. The van der Waals surface area contributed by atoms with Crippen molar-refractivity contribution in [2.24, 2.45) is 0 Å². The van der Waals surface area contributed by atoms with Gasteiger partial charge in [0.05, 0.1) is 12.7 Å². The normalized spacial score (nSPS) is 15.2. The monoisotopic (exact) mass is 217 g/mol. The minimum Gasteiger partial charge on any atom is -0.389 e. The molecule has 3 heteroatoms. The van der Waals surface area contributed by atoms with Crippen molar-refractivity contribution in [3.63, 3.8) is 0 Å². The van der Waals surface area contributed by atoms with Gasteiger partial charge in [0.15, 0.2) is 0 Å². The molecule has 3 nitrogen and oxygen atoms in total. The van der Waals surface area contributed by atoms with Crippen molar-refractivity contribution in [1.29, 1.82) is 0 Å². The first-order chi connectivity index (χ1) is 7.20. The van der Waals surface area contributed by atoms with E-state index in [0.29, 0.717) is 19.2 Å². The summed E-state index contributed by atoms with van der Waals surface area (Å²) >= 11 is 0. The molecule has 0 radical (unpaired) electrons. The molecular weight excluding hydrogens is 190 g/mol. The Labute approximate surface area is 94.2 Å². The summed E-state index contributed by atoms with van der Waals surface area (Å²) in [4.78, 5) is 0. The average Bonchev–Trinajstić information content (AvgIpc) is 2.22. The number of unbranched alkanes of at least 4 members (excludes halogenated alkanes) is 1. The second-order valence-electron chi connectivity index (χ2n) is 4.18. The van der Waals surface area contributed by atoms with Crippen LogP contribution in [0.5, 0.6) is 0 Å². The molecule has 15 heavy (non-hydrogen) atoms. The van der Waals surface area contributed by atoms with Crippen molar-refractivity contribution >= 4 is 0 Å². The molecule has 0 saturated carbocycles. The van der Waals surface area contributed by atoms with Gasteiger partial charge in [-0.2, -0.15) is 0 Å². The average molecular weight is 217 g/mol. The lowest BCUT2D eigenvalue weighted by molar-refractivity contribution is 0.0347. The largest absolute Gasteiger partial charge is 0.389 e. The molecule has 2 unspecified atom stereocenters. The second-order valence-corrected chi connectivity index (χ2v) is 4.18. The van der Waals surface area contributed by atoms with Crippen LogP contribution in [0.1, 0.15) is 46.5 Å². The fourth-order valence-electron chi connectivity index (χ4n) is 1.40. The molecule has 0 amide bonds. The van der Waals surface area contributed by atoms with Gasteiger partial charge in [-0.25, -0.2) is 0 Å². The van der Waals surface area contributed by atoms with Crippen molar-refractivity contribution < 1.29 is 9.84 Å². The lowest BCUT2D eigenvalue weighted by atomic mass is 10.2. The quantitative estimate of drug-likeness (QED) is 0.550. The zero-order valence-electron chi connectivity index (χ0n) is 10.5. The summed E-state index contributed by atoms with van der Waals surface area (Å²) in [7, 11) is 0. The predicted molar refractivity (Wildman–Crippen MR) is 64.1 cm³/mol. The third-order valence-corrected chi connectivity index (χ3v) is 2.38. The maximum Gasteiger partial charge on any atom is 0.0897 e. The van der Waals surface area contributed by atoms with E-state index in [2.05, 4.69) is 26.1 Å². The first kappa shape index (κ1) is 14.9. The SMILES string of the molecule is CCCCOCC(O)CNC(C)CCC. The van der Waals surface area contributed by atoms with E-state index in [1.54, 1.807) is 0 Å². The van der Waals surface area contributed by atoms with E-state index >= 15 is 0 Å². The molecule has 0 saturated heterocycles. The van der Waals surface area contributed by atoms with Crippen LogP contribution in [0.3, 0.4) is 0 Å². The van der Waals surface area contributed by atoms with E-state index < -0.39 is 0 Å². The fourth-order valence-corrected chi connectivity index (χ4v) is 1.40. The zero-order valence-corrected chi connectivity index (χ0v) is 10.5. The maximum atomic E-state index is 9.58. The molecule has 0 aliphatic heterocycles. The number of rotatable bonds is 10. The molecule has 0 aromatic carbocycles. The fraction of sp³-hybridized carbons (Fsp3) is 1.00. The highest BCUT2D eigenvalue weighted by molar-refractivity contribution is 4.64. The molecule has 0 aromatic rings. The van der Waals surface area contributed by atoms with Crippen LogP contribution in [0.25, 0.3) is 0 Å². The highest BCUT2D eigenvalue weighted by Gasteiger charge is 2.06. The Morgan fingerprint density at radius 2 is 2.00 bits per heavy atom. The Kier molecular flexibility index (Phi) is 10.3. The van der Waals surface area contributed by atoms with Gasteiger partial charge in [-0.1, -0.05) is 26.7 Å². The van der Waals surface area contributed by atoms with Crippen molar-refractivity contribution in [3.05, 3.63) is 0 Å². The van der Waals surface area contributed by atoms with Crippen LogP contribution in [-0.2, 0) is 4.74 Å². The van der Waals surface area contributed by atoms with E-state index in [1.807, 2.05) is 0 Å².